The highest BCUT2D eigenvalue weighted by Crippen LogP contribution is 2.26. The van der Waals surface area contributed by atoms with E-state index in [1.807, 2.05) is 0 Å². The van der Waals surface area contributed by atoms with Crippen LogP contribution in [0.2, 0.25) is 0 Å². The van der Waals surface area contributed by atoms with Crippen LogP contribution >= 0.6 is 11.6 Å². The molecule has 1 heterocycles. The van der Waals surface area contributed by atoms with Gasteiger partial charge in [0.15, 0.2) is 0 Å². The Morgan fingerprint density at radius 2 is 1.09 bits per heavy atom. The molecule has 1 aliphatic heterocycles. The number of alkyl halides is 1. The normalized spacial score (nSPS) is 15.9. The number of ether oxygens (including phenoxy) is 5. The number of amides is 1. The summed E-state index contributed by atoms with van der Waals surface area (Å²) in [7, 11) is -3.84. The molecule has 1 aromatic rings. The fourth-order valence-electron chi connectivity index (χ4n) is 5.87. The van der Waals surface area contributed by atoms with E-state index in [0.29, 0.717) is 0 Å². The van der Waals surface area contributed by atoms with Crippen LogP contribution in [0, 0.1) is 0 Å². The number of nitrogens with zero attached hydrogens (tertiary/aromatic N) is 3. The van der Waals surface area contributed by atoms with Gasteiger partial charge in [-0.2, -0.15) is 0 Å². The van der Waals surface area contributed by atoms with E-state index in [1.165, 1.54) is 29.2 Å². The Labute approximate surface area is 348 Å². The zero-order chi connectivity index (χ0) is 44.3. The summed E-state index contributed by atoms with van der Waals surface area (Å²) in [5, 5.41) is 2.58. The van der Waals surface area contributed by atoms with E-state index in [0.717, 1.165) is 0 Å². The van der Waals surface area contributed by atoms with Gasteiger partial charge < -0.3 is 23.7 Å². The molecular formula is C39H64ClN5O12S. The maximum atomic E-state index is 13.6. The van der Waals surface area contributed by atoms with Crippen molar-refractivity contribution in [2.75, 3.05) is 76.7 Å². The van der Waals surface area contributed by atoms with E-state index in [9.17, 15) is 32.4 Å². The summed E-state index contributed by atoms with van der Waals surface area (Å²) in [6, 6.07) is 5.34. The summed E-state index contributed by atoms with van der Waals surface area (Å²) in [6.07, 6.45) is -0.952. The fraction of sp³-hybridized carbons (Fsp3) is 0.718. The number of hydrogen-bond donors (Lipinski definition) is 2. The molecule has 0 spiro atoms. The molecule has 1 fully saturated rings. The molecule has 0 aliphatic carbocycles. The fourth-order valence-corrected chi connectivity index (χ4v) is 7.11. The molecule has 0 bridgehead atoms. The highest BCUT2D eigenvalue weighted by Gasteiger charge is 2.46. The summed E-state index contributed by atoms with van der Waals surface area (Å²) in [4.78, 5) is 72.2. The molecule has 0 atom stereocenters. The summed E-state index contributed by atoms with van der Waals surface area (Å²) < 4.78 is 56.0. The van der Waals surface area contributed by atoms with Gasteiger partial charge in [0.1, 0.15) is 29.0 Å². The van der Waals surface area contributed by atoms with Crippen molar-refractivity contribution in [3.63, 3.8) is 0 Å². The van der Waals surface area contributed by atoms with Crippen molar-refractivity contribution in [2.45, 2.75) is 116 Å². The lowest BCUT2D eigenvalue weighted by Gasteiger charge is -2.45. The number of carbonyl (C=O) groups excluding carboxylic acids is 5. The molecular weight excluding hydrogens is 798 g/mol. The first kappa shape index (κ1) is 50.6. The first-order chi connectivity index (χ1) is 26.4. The lowest BCUT2D eigenvalue weighted by Crippen LogP contribution is -2.65. The van der Waals surface area contributed by atoms with Crippen LogP contribution in [0.1, 0.15) is 83.1 Å². The Hall–Kier alpha value is -3.55. The smallest absolute Gasteiger partial charge is 0.411 e. The monoisotopic (exact) mass is 861 g/mol. The highest BCUT2D eigenvalue weighted by molar-refractivity contribution is 7.89. The van der Waals surface area contributed by atoms with Crippen molar-refractivity contribution in [3.05, 3.63) is 24.3 Å². The van der Waals surface area contributed by atoms with Crippen LogP contribution in [0.4, 0.5) is 10.5 Å². The molecule has 330 valence electrons. The van der Waals surface area contributed by atoms with Crippen LogP contribution in [-0.2, 0) is 52.9 Å². The number of sulfonamides is 1. The number of hydrogen-bond acceptors (Lipinski definition) is 15. The quantitative estimate of drug-likeness (QED) is 0.138. The third kappa shape index (κ3) is 19.5. The van der Waals surface area contributed by atoms with Gasteiger partial charge in [-0.25, -0.2) is 17.9 Å². The topological polar surface area (TPSA) is 199 Å². The van der Waals surface area contributed by atoms with E-state index in [1.54, 1.807) is 92.9 Å². The van der Waals surface area contributed by atoms with E-state index in [2.05, 4.69) is 10.0 Å². The van der Waals surface area contributed by atoms with Crippen LogP contribution in [0.3, 0.4) is 0 Å². The summed E-state index contributed by atoms with van der Waals surface area (Å²) >= 11 is 5.62. The van der Waals surface area contributed by atoms with E-state index < -0.39 is 87.6 Å². The van der Waals surface area contributed by atoms with E-state index in [-0.39, 0.29) is 62.3 Å². The summed E-state index contributed by atoms with van der Waals surface area (Å²) in [5.41, 5.74) is -4.69. The van der Waals surface area contributed by atoms with E-state index in [4.69, 9.17) is 35.3 Å². The lowest BCUT2D eigenvalue weighted by atomic mass is 9.95. The molecule has 17 nitrogen and oxygen atoms in total. The molecule has 2 rings (SSSR count). The number of carbonyl (C=O) groups is 5. The zero-order valence-corrected chi connectivity index (χ0v) is 37.7. The predicted octanol–water partition coefficient (Wildman–Crippen LogP) is 3.78. The van der Waals surface area contributed by atoms with Crippen molar-refractivity contribution < 1.29 is 56.1 Å². The number of nitrogens with one attached hydrogen (secondary N) is 2. The number of esters is 4. The van der Waals surface area contributed by atoms with Crippen molar-refractivity contribution >= 4 is 57.3 Å². The Bertz CT molecular complexity index is 1610. The maximum absolute atomic E-state index is 13.6. The molecule has 2 N–H and O–H groups in total. The third-order valence-corrected chi connectivity index (χ3v) is 9.40. The van der Waals surface area contributed by atoms with Gasteiger partial charge in [-0.15, -0.1) is 11.6 Å². The minimum absolute atomic E-state index is 0.0290. The standard InChI is InChI=1S/C39H64ClN5O12S/c1-35(2,3)54-30(46)21-43-19-20-44(22-31(47)55-36(4,5)6)26-39(25-43,45(23-32(48)56-37(7,8)9)24-33(49)57-38(10,11)12)27-53-34(50)42-28-13-15-29(16-14-28)58(51,52)41-18-17-40/h13-16,41H,17-27H2,1-12H3,(H,42,50). The lowest BCUT2D eigenvalue weighted by molar-refractivity contribution is -0.167. The Kier molecular flexibility index (Phi) is 18.0. The van der Waals surface area contributed by atoms with Gasteiger partial charge in [-0.05, 0) is 107 Å². The third-order valence-electron chi connectivity index (χ3n) is 7.73. The molecule has 1 saturated heterocycles. The van der Waals surface area contributed by atoms with Crippen LogP contribution in [0.25, 0.3) is 0 Å². The van der Waals surface area contributed by atoms with Crippen LogP contribution in [-0.4, -0.2) is 152 Å². The summed E-state index contributed by atoms with van der Waals surface area (Å²) in [5.74, 6) is -2.41. The molecule has 0 saturated carbocycles. The molecule has 1 amide bonds. The van der Waals surface area contributed by atoms with Gasteiger partial charge in [0.2, 0.25) is 10.0 Å². The van der Waals surface area contributed by atoms with Gasteiger partial charge in [0.25, 0.3) is 0 Å². The average Bonchev–Trinajstić information content (AvgIpc) is 3.18. The maximum Gasteiger partial charge on any atom is 0.411 e. The largest absolute Gasteiger partial charge is 0.459 e. The summed E-state index contributed by atoms with van der Waals surface area (Å²) in [6.45, 7) is 19.1. The average molecular weight is 862 g/mol. The molecule has 58 heavy (non-hydrogen) atoms. The number of rotatable bonds is 16. The van der Waals surface area contributed by atoms with Crippen molar-refractivity contribution in [3.8, 4) is 0 Å². The van der Waals surface area contributed by atoms with E-state index >= 15 is 0 Å². The van der Waals surface area contributed by atoms with Gasteiger partial charge in [0.05, 0.1) is 36.6 Å². The SMILES string of the molecule is CC(C)(C)OC(=O)CN1CCN(CC(=O)OC(C)(C)C)CC(COC(=O)Nc2ccc(S(=O)(=O)NCCCl)cc2)(N(CC(=O)OC(C)(C)C)CC(=O)OC(C)(C)C)C1. The molecule has 0 aromatic heterocycles. The highest BCUT2D eigenvalue weighted by atomic mass is 35.5. The Morgan fingerprint density at radius 1 is 0.690 bits per heavy atom. The molecule has 0 unspecified atom stereocenters. The predicted molar refractivity (Wildman–Crippen MR) is 218 cm³/mol. The van der Waals surface area contributed by atoms with Crippen molar-refractivity contribution in [1.82, 2.24) is 19.4 Å². The van der Waals surface area contributed by atoms with Gasteiger partial charge in [-0.3, -0.25) is 39.2 Å². The second-order valence-electron chi connectivity index (χ2n) is 18.2. The number of anilines is 1. The molecule has 1 aliphatic rings. The number of halogens is 1. The minimum atomic E-state index is -3.84. The first-order valence-electron chi connectivity index (χ1n) is 19.1. The van der Waals surface area contributed by atoms with Crippen molar-refractivity contribution in [2.24, 2.45) is 0 Å². The second kappa shape index (κ2) is 20.6. The van der Waals surface area contributed by atoms with Crippen LogP contribution in [0.15, 0.2) is 29.2 Å². The molecule has 19 heteroatoms. The molecule has 1 aromatic carbocycles. The first-order valence-corrected chi connectivity index (χ1v) is 21.1. The Morgan fingerprint density at radius 3 is 1.47 bits per heavy atom. The van der Waals surface area contributed by atoms with Crippen LogP contribution in [0.5, 0.6) is 0 Å². The minimum Gasteiger partial charge on any atom is -0.459 e. The zero-order valence-electron chi connectivity index (χ0n) is 36.1. The van der Waals surface area contributed by atoms with Gasteiger partial charge >= 0.3 is 30.0 Å². The number of benzene rings is 1. The second-order valence-corrected chi connectivity index (χ2v) is 20.3. The molecule has 0 radical (unpaired) electrons. The van der Waals surface area contributed by atoms with Gasteiger partial charge in [-0.1, -0.05) is 0 Å². The van der Waals surface area contributed by atoms with Crippen LogP contribution < -0.4 is 10.0 Å². The van der Waals surface area contributed by atoms with Gasteiger partial charge in [0, 0.05) is 44.3 Å². The van der Waals surface area contributed by atoms with Crippen molar-refractivity contribution in [1.29, 1.82) is 0 Å². The Balaban J connectivity index is 2.68.